The summed E-state index contributed by atoms with van der Waals surface area (Å²) >= 11 is 0. The highest BCUT2D eigenvalue weighted by Gasteiger charge is 2.12. The van der Waals surface area contributed by atoms with Gasteiger partial charge in [-0.25, -0.2) is 15.0 Å². The Morgan fingerprint density at radius 1 is 1.06 bits per heavy atom. The number of aromatic nitrogens is 4. The van der Waals surface area contributed by atoms with Crippen LogP contribution in [0.5, 0.6) is 0 Å². The van der Waals surface area contributed by atoms with Crippen molar-refractivity contribution in [2.75, 3.05) is 0 Å². The van der Waals surface area contributed by atoms with Crippen molar-refractivity contribution >= 4 is 11.2 Å². The van der Waals surface area contributed by atoms with Gasteiger partial charge in [0.1, 0.15) is 17.7 Å². The van der Waals surface area contributed by atoms with Crippen molar-refractivity contribution < 1.29 is 0 Å². The number of benzene rings is 1. The minimum Gasteiger partial charge on any atom is -0.339 e. The first-order valence-electron chi connectivity index (χ1n) is 6.01. The van der Waals surface area contributed by atoms with E-state index >= 15 is 0 Å². The fourth-order valence-corrected chi connectivity index (χ4v) is 1.93. The van der Waals surface area contributed by atoms with Gasteiger partial charge >= 0.3 is 0 Å². The molecule has 90 valence electrons. The number of H-pyrrole nitrogens is 1. The van der Waals surface area contributed by atoms with Crippen molar-refractivity contribution in [1.82, 2.24) is 19.9 Å². The lowest BCUT2D eigenvalue weighted by Crippen LogP contribution is -1.89. The zero-order chi connectivity index (χ0) is 12.5. The van der Waals surface area contributed by atoms with Crippen LogP contribution in [-0.4, -0.2) is 19.9 Å². The second kappa shape index (κ2) is 4.22. The highest BCUT2D eigenvalue weighted by atomic mass is 15.0. The first-order chi connectivity index (χ1) is 8.75. The Labute approximate surface area is 105 Å². The average Bonchev–Trinajstić information content (AvgIpc) is 2.83. The van der Waals surface area contributed by atoms with E-state index in [1.807, 2.05) is 30.3 Å². The van der Waals surface area contributed by atoms with Gasteiger partial charge in [-0.3, -0.25) is 0 Å². The molecule has 0 atom stereocenters. The lowest BCUT2D eigenvalue weighted by atomic mass is 10.1. The molecule has 0 bridgehead atoms. The maximum Gasteiger partial charge on any atom is 0.181 e. The van der Waals surface area contributed by atoms with Crippen LogP contribution >= 0.6 is 0 Å². The molecule has 0 aliphatic rings. The summed E-state index contributed by atoms with van der Waals surface area (Å²) in [5.74, 6) is 1.30. The maximum absolute atomic E-state index is 4.49. The van der Waals surface area contributed by atoms with E-state index in [-0.39, 0.29) is 0 Å². The molecule has 0 fully saturated rings. The van der Waals surface area contributed by atoms with E-state index in [9.17, 15) is 0 Å². The lowest BCUT2D eigenvalue weighted by Gasteiger charge is -2.00. The smallest absolute Gasteiger partial charge is 0.181 e. The molecule has 0 spiro atoms. The van der Waals surface area contributed by atoms with E-state index in [4.69, 9.17) is 0 Å². The topological polar surface area (TPSA) is 54.5 Å². The van der Waals surface area contributed by atoms with Gasteiger partial charge < -0.3 is 4.98 Å². The van der Waals surface area contributed by atoms with Crippen LogP contribution in [0.3, 0.4) is 0 Å². The Morgan fingerprint density at radius 3 is 2.56 bits per heavy atom. The third-order valence-electron chi connectivity index (χ3n) is 2.90. The fraction of sp³-hybridized carbons (Fsp3) is 0.214. The standard InChI is InChI=1S/C14H14N4/c1-9(2)13-17-12-11(10-6-4-3-5-7-10)15-8-16-14(12)18-13/h3-9H,1-2H3,(H,15,16,17,18). The predicted octanol–water partition coefficient (Wildman–Crippen LogP) is 3.14. The highest BCUT2D eigenvalue weighted by molar-refractivity contribution is 5.86. The van der Waals surface area contributed by atoms with Gasteiger partial charge in [-0.2, -0.15) is 0 Å². The molecule has 3 rings (SSSR count). The Kier molecular flexibility index (Phi) is 2.55. The minimum absolute atomic E-state index is 0.350. The minimum atomic E-state index is 0.350. The van der Waals surface area contributed by atoms with Gasteiger partial charge in [-0.1, -0.05) is 44.2 Å². The quantitative estimate of drug-likeness (QED) is 0.746. The van der Waals surface area contributed by atoms with E-state index in [1.165, 1.54) is 0 Å². The summed E-state index contributed by atoms with van der Waals surface area (Å²) in [5, 5.41) is 0. The van der Waals surface area contributed by atoms with E-state index in [0.717, 1.165) is 28.2 Å². The Bertz CT molecular complexity index is 671. The molecular formula is C14H14N4. The predicted molar refractivity (Wildman–Crippen MR) is 71.2 cm³/mol. The molecule has 0 radical (unpaired) electrons. The normalized spacial score (nSPS) is 11.3. The highest BCUT2D eigenvalue weighted by Crippen LogP contribution is 2.24. The van der Waals surface area contributed by atoms with Crippen LogP contribution in [0.15, 0.2) is 36.7 Å². The Balaban J connectivity index is 2.24. The molecule has 0 unspecified atom stereocenters. The molecule has 0 saturated heterocycles. The molecule has 4 heteroatoms. The van der Waals surface area contributed by atoms with Crippen molar-refractivity contribution in [1.29, 1.82) is 0 Å². The largest absolute Gasteiger partial charge is 0.339 e. The van der Waals surface area contributed by atoms with Gasteiger partial charge in [-0.05, 0) is 0 Å². The number of rotatable bonds is 2. The monoisotopic (exact) mass is 238 g/mol. The molecular weight excluding hydrogens is 224 g/mol. The number of aromatic amines is 1. The molecule has 0 amide bonds. The first-order valence-corrected chi connectivity index (χ1v) is 6.01. The Morgan fingerprint density at radius 2 is 1.83 bits per heavy atom. The van der Waals surface area contributed by atoms with Crippen LogP contribution in [0, 0.1) is 0 Å². The number of nitrogens with zero attached hydrogens (tertiary/aromatic N) is 3. The van der Waals surface area contributed by atoms with Crippen molar-refractivity contribution in [2.45, 2.75) is 19.8 Å². The van der Waals surface area contributed by atoms with Crippen molar-refractivity contribution in [3.8, 4) is 11.3 Å². The second-order valence-electron chi connectivity index (χ2n) is 4.56. The summed E-state index contributed by atoms with van der Waals surface area (Å²) in [6.45, 7) is 4.21. The zero-order valence-electron chi connectivity index (χ0n) is 10.4. The molecule has 2 aromatic heterocycles. The first kappa shape index (κ1) is 10.9. The molecule has 0 aliphatic carbocycles. The summed E-state index contributed by atoms with van der Waals surface area (Å²) in [7, 11) is 0. The fourth-order valence-electron chi connectivity index (χ4n) is 1.93. The second-order valence-corrected chi connectivity index (χ2v) is 4.56. The average molecular weight is 238 g/mol. The third kappa shape index (κ3) is 1.76. The molecule has 18 heavy (non-hydrogen) atoms. The van der Waals surface area contributed by atoms with Gasteiger partial charge in [0.15, 0.2) is 5.65 Å². The summed E-state index contributed by atoms with van der Waals surface area (Å²) in [4.78, 5) is 16.4. The SMILES string of the molecule is CC(C)c1nc2ncnc(-c3ccccc3)c2[nH]1. The third-order valence-corrected chi connectivity index (χ3v) is 2.90. The van der Waals surface area contributed by atoms with Crippen molar-refractivity contribution in [3.63, 3.8) is 0 Å². The number of nitrogens with one attached hydrogen (secondary N) is 1. The van der Waals surface area contributed by atoms with Crippen molar-refractivity contribution in [3.05, 3.63) is 42.5 Å². The van der Waals surface area contributed by atoms with Gasteiger partial charge in [0, 0.05) is 11.5 Å². The molecule has 1 aromatic carbocycles. The van der Waals surface area contributed by atoms with Crippen molar-refractivity contribution in [2.24, 2.45) is 0 Å². The lowest BCUT2D eigenvalue weighted by molar-refractivity contribution is 0.798. The molecule has 4 nitrogen and oxygen atoms in total. The number of fused-ring (bicyclic) bond motifs is 1. The number of imidazole rings is 1. The van der Waals surface area contributed by atoms with Crippen LogP contribution in [0.4, 0.5) is 0 Å². The molecule has 1 N–H and O–H groups in total. The van der Waals surface area contributed by atoms with Crippen LogP contribution < -0.4 is 0 Å². The molecule has 3 aromatic rings. The van der Waals surface area contributed by atoms with Gasteiger partial charge in [0.05, 0.1) is 5.69 Å². The molecule has 2 heterocycles. The molecule has 0 saturated carbocycles. The number of hydrogen-bond donors (Lipinski definition) is 1. The van der Waals surface area contributed by atoms with Gasteiger partial charge in [-0.15, -0.1) is 0 Å². The maximum atomic E-state index is 4.49. The van der Waals surface area contributed by atoms with Crippen LogP contribution in [0.2, 0.25) is 0 Å². The van der Waals surface area contributed by atoms with Gasteiger partial charge in [0.25, 0.3) is 0 Å². The summed E-state index contributed by atoms with van der Waals surface area (Å²) in [6, 6.07) is 10.1. The van der Waals surface area contributed by atoms with E-state index in [2.05, 4.69) is 33.8 Å². The van der Waals surface area contributed by atoms with Crippen LogP contribution in [0.25, 0.3) is 22.4 Å². The van der Waals surface area contributed by atoms with Crippen LogP contribution in [-0.2, 0) is 0 Å². The molecule has 0 aliphatic heterocycles. The number of hydrogen-bond acceptors (Lipinski definition) is 3. The van der Waals surface area contributed by atoms with Crippen LogP contribution in [0.1, 0.15) is 25.6 Å². The van der Waals surface area contributed by atoms with E-state index < -0.39 is 0 Å². The summed E-state index contributed by atoms with van der Waals surface area (Å²) in [5.41, 5.74) is 3.61. The summed E-state index contributed by atoms with van der Waals surface area (Å²) < 4.78 is 0. The zero-order valence-corrected chi connectivity index (χ0v) is 10.4. The van der Waals surface area contributed by atoms with Gasteiger partial charge in [0.2, 0.25) is 0 Å². The van der Waals surface area contributed by atoms with E-state index in [0.29, 0.717) is 5.92 Å². The summed E-state index contributed by atoms with van der Waals surface area (Å²) in [6.07, 6.45) is 1.57. The Hall–Kier alpha value is -2.23. The van der Waals surface area contributed by atoms with E-state index in [1.54, 1.807) is 6.33 Å².